The van der Waals surface area contributed by atoms with Crippen LogP contribution < -0.4 is 15.4 Å². The van der Waals surface area contributed by atoms with Crippen LogP contribution in [0.1, 0.15) is 25.8 Å². The summed E-state index contributed by atoms with van der Waals surface area (Å²) in [7, 11) is 0. The average Bonchev–Trinajstić information content (AvgIpc) is 2.58. The van der Waals surface area contributed by atoms with Gasteiger partial charge in [0.2, 0.25) is 5.91 Å². The Labute approximate surface area is 144 Å². The summed E-state index contributed by atoms with van der Waals surface area (Å²) in [6.07, 6.45) is 1.94. The minimum absolute atomic E-state index is 0.0242. The second kappa shape index (κ2) is 9.60. The highest BCUT2D eigenvalue weighted by molar-refractivity contribution is 5.81. The van der Waals surface area contributed by atoms with Gasteiger partial charge in [-0.25, -0.2) is 0 Å². The maximum atomic E-state index is 11.7. The maximum Gasteiger partial charge on any atom is 0.239 e. The SMILES string of the molecule is CC(C)NC(=O)CNc1ccccc1OCCCc1ccccc1. The molecule has 0 saturated carbocycles. The van der Waals surface area contributed by atoms with Gasteiger partial charge in [-0.05, 0) is 44.4 Å². The number of rotatable bonds is 9. The largest absolute Gasteiger partial charge is 0.491 e. The van der Waals surface area contributed by atoms with Gasteiger partial charge >= 0.3 is 0 Å². The van der Waals surface area contributed by atoms with E-state index in [0.717, 1.165) is 24.3 Å². The summed E-state index contributed by atoms with van der Waals surface area (Å²) in [6.45, 7) is 4.78. The third-order valence-corrected chi connectivity index (χ3v) is 3.49. The smallest absolute Gasteiger partial charge is 0.239 e. The summed E-state index contributed by atoms with van der Waals surface area (Å²) in [5.41, 5.74) is 2.16. The van der Waals surface area contributed by atoms with Crippen molar-refractivity contribution in [1.82, 2.24) is 5.32 Å². The minimum Gasteiger partial charge on any atom is -0.491 e. The lowest BCUT2D eigenvalue weighted by atomic mass is 10.1. The van der Waals surface area contributed by atoms with Crippen LogP contribution in [0.2, 0.25) is 0 Å². The molecule has 2 N–H and O–H groups in total. The topological polar surface area (TPSA) is 50.4 Å². The fourth-order valence-corrected chi connectivity index (χ4v) is 2.39. The van der Waals surface area contributed by atoms with Gasteiger partial charge in [0, 0.05) is 6.04 Å². The van der Waals surface area contributed by atoms with E-state index in [4.69, 9.17) is 4.74 Å². The zero-order valence-corrected chi connectivity index (χ0v) is 14.4. The Balaban J connectivity index is 1.79. The van der Waals surface area contributed by atoms with Crippen molar-refractivity contribution >= 4 is 11.6 Å². The number of para-hydroxylation sites is 2. The Kier molecular flexibility index (Phi) is 7.15. The Hall–Kier alpha value is -2.49. The number of hydrogen-bond donors (Lipinski definition) is 2. The van der Waals surface area contributed by atoms with E-state index in [1.54, 1.807) is 0 Å². The Bertz CT molecular complexity index is 627. The molecule has 0 atom stereocenters. The van der Waals surface area contributed by atoms with Crippen LogP contribution in [-0.2, 0) is 11.2 Å². The van der Waals surface area contributed by atoms with E-state index in [1.165, 1.54) is 5.56 Å². The van der Waals surface area contributed by atoms with Crippen LogP contribution in [0.25, 0.3) is 0 Å². The van der Waals surface area contributed by atoms with Gasteiger partial charge in [0.1, 0.15) is 5.75 Å². The van der Waals surface area contributed by atoms with Crippen molar-refractivity contribution in [3.63, 3.8) is 0 Å². The number of nitrogens with one attached hydrogen (secondary N) is 2. The number of aryl methyl sites for hydroxylation is 1. The van der Waals surface area contributed by atoms with Gasteiger partial charge in [-0.2, -0.15) is 0 Å². The first-order valence-corrected chi connectivity index (χ1v) is 8.44. The van der Waals surface area contributed by atoms with E-state index < -0.39 is 0 Å². The molecule has 0 radical (unpaired) electrons. The third kappa shape index (κ3) is 6.32. The molecule has 2 rings (SSSR count). The van der Waals surface area contributed by atoms with Gasteiger partial charge in [-0.15, -0.1) is 0 Å². The molecular weight excluding hydrogens is 300 g/mol. The lowest BCUT2D eigenvalue weighted by Crippen LogP contribution is -2.34. The van der Waals surface area contributed by atoms with Crippen molar-refractivity contribution in [1.29, 1.82) is 0 Å². The van der Waals surface area contributed by atoms with Crippen LogP contribution >= 0.6 is 0 Å². The van der Waals surface area contributed by atoms with Crippen LogP contribution in [0.5, 0.6) is 5.75 Å². The number of benzene rings is 2. The normalized spacial score (nSPS) is 10.5. The van der Waals surface area contributed by atoms with Crippen molar-refractivity contribution in [3.8, 4) is 5.75 Å². The molecule has 1 amide bonds. The molecule has 2 aromatic rings. The number of carbonyl (C=O) groups excluding carboxylic acids is 1. The molecule has 0 fully saturated rings. The Morgan fingerprint density at radius 3 is 2.50 bits per heavy atom. The van der Waals surface area contributed by atoms with E-state index in [-0.39, 0.29) is 18.5 Å². The summed E-state index contributed by atoms with van der Waals surface area (Å²) in [6, 6.07) is 18.2. The number of ether oxygens (including phenoxy) is 1. The number of anilines is 1. The van der Waals surface area contributed by atoms with Gasteiger partial charge < -0.3 is 15.4 Å². The molecule has 0 aromatic heterocycles. The van der Waals surface area contributed by atoms with Gasteiger partial charge in [-0.1, -0.05) is 42.5 Å². The first-order chi connectivity index (χ1) is 11.6. The van der Waals surface area contributed by atoms with E-state index in [1.807, 2.05) is 44.2 Å². The molecule has 0 aliphatic carbocycles. The number of hydrogen-bond acceptors (Lipinski definition) is 3. The highest BCUT2D eigenvalue weighted by Crippen LogP contribution is 2.23. The molecule has 4 heteroatoms. The molecule has 0 aliphatic heterocycles. The molecule has 24 heavy (non-hydrogen) atoms. The predicted molar refractivity (Wildman–Crippen MR) is 98.5 cm³/mol. The second-order valence-corrected chi connectivity index (χ2v) is 6.01. The molecule has 0 spiro atoms. The van der Waals surface area contributed by atoms with Crippen molar-refractivity contribution in [2.75, 3.05) is 18.5 Å². The Morgan fingerprint density at radius 1 is 1.04 bits per heavy atom. The molecule has 4 nitrogen and oxygen atoms in total. The summed E-state index contributed by atoms with van der Waals surface area (Å²) >= 11 is 0. The highest BCUT2D eigenvalue weighted by Gasteiger charge is 2.06. The summed E-state index contributed by atoms with van der Waals surface area (Å²) < 4.78 is 5.88. The average molecular weight is 326 g/mol. The molecule has 0 bridgehead atoms. The fraction of sp³-hybridized carbons (Fsp3) is 0.350. The standard InChI is InChI=1S/C20H26N2O2/c1-16(2)22-20(23)15-21-18-12-6-7-13-19(18)24-14-8-11-17-9-4-3-5-10-17/h3-7,9-10,12-13,16,21H,8,11,14-15H2,1-2H3,(H,22,23). The highest BCUT2D eigenvalue weighted by atomic mass is 16.5. The van der Waals surface area contributed by atoms with Crippen LogP contribution in [0.15, 0.2) is 54.6 Å². The van der Waals surface area contributed by atoms with Crippen molar-refractivity contribution in [3.05, 3.63) is 60.2 Å². The second-order valence-electron chi connectivity index (χ2n) is 6.01. The summed E-state index contributed by atoms with van der Waals surface area (Å²) in [5.74, 6) is 0.756. The molecule has 2 aromatic carbocycles. The first-order valence-electron chi connectivity index (χ1n) is 8.44. The number of carbonyl (C=O) groups is 1. The maximum absolute atomic E-state index is 11.7. The third-order valence-electron chi connectivity index (χ3n) is 3.49. The van der Waals surface area contributed by atoms with Crippen molar-refractivity contribution < 1.29 is 9.53 Å². The molecule has 0 unspecified atom stereocenters. The van der Waals surface area contributed by atoms with Crippen LogP contribution in [0, 0.1) is 0 Å². The van der Waals surface area contributed by atoms with E-state index in [9.17, 15) is 4.79 Å². The molecule has 0 saturated heterocycles. The van der Waals surface area contributed by atoms with E-state index in [2.05, 4.69) is 34.9 Å². The first kappa shape index (κ1) is 17.9. The molecule has 0 aliphatic rings. The molecule has 0 heterocycles. The minimum atomic E-state index is -0.0242. The molecular formula is C20H26N2O2. The zero-order valence-electron chi connectivity index (χ0n) is 14.4. The lowest BCUT2D eigenvalue weighted by Gasteiger charge is -2.14. The quantitative estimate of drug-likeness (QED) is 0.692. The molecule has 128 valence electrons. The number of amides is 1. The predicted octanol–water partition coefficient (Wildman–Crippen LogP) is 3.63. The summed E-state index contributed by atoms with van der Waals surface area (Å²) in [5, 5.41) is 6.00. The lowest BCUT2D eigenvalue weighted by molar-refractivity contribution is -0.119. The van der Waals surface area contributed by atoms with Gasteiger partial charge in [0.25, 0.3) is 0 Å². The van der Waals surface area contributed by atoms with Gasteiger partial charge in [0.15, 0.2) is 0 Å². The van der Waals surface area contributed by atoms with Crippen LogP contribution in [0.3, 0.4) is 0 Å². The van der Waals surface area contributed by atoms with Crippen LogP contribution in [0.4, 0.5) is 5.69 Å². The zero-order chi connectivity index (χ0) is 17.2. The van der Waals surface area contributed by atoms with E-state index in [0.29, 0.717) is 6.61 Å². The van der Waals surface area contributed by atoms with Crippen molar-refractivity contribution in [2.24, 2.45) is 0 Å². The van der Waals surface area contributed by atoms with Crippen LogP contribution in [-0.4, -0.2) is 25.1 Å². The monoisotopic (exact) mass is 326 g/mol. The van der Waals surface area contributed by atoms with Gasteiger partial charge in [0.05, 0.1) is 18.8 Å². The van der Waals surface area contributed by atoms with Crippen molar-refractivity contribution in [2.45, 2.75) is 32.7 Å². The fourth-order valence-electron chi connectivity index (χ4n) is 2.39. The Morgan fingerprint density at radius 2 is 1.75 bits per heavy atom. The summed E-state index contributed by atoms with van der Waals surface area (Å²) in [4.78, 5) is 11.7. The van der Waals surface area contributed by atoms with E-state index >= 15 is 0 Å². The van der Waals surface area contributed by atoms with Gasteiger partial charge in [-0.3, -0.25) is 4.79 Å².